The molecule has 2 aromatic rings. The van der Waals surface area contributed by atoms with Crippen LogP contribution in [0.2, 0.25) is 0 Å². The predicted molar refractivity (Wildman–Crippen MR) is 101 cm³/mol. The maximum atomic E-state index is 12.4. The Bertz CT molecular complexity index is 868. The fourth-order valence-electron chi connectivity index (χ4n) is 2.69. The number of nitrogens with one attached hydrogen (secondary N) is 2. The Hall–Kier alpha value is -3.42. The molecule has 27 heavy (non-hydrogen) atoms. The highest BCUT2D eigenvalue weighted by Crippen LogP contribution is 2.30. The molecule has 8 heteroatoms. The first-order valence-electron chi connectivity index (χ1n) is 8.34. The van der Waals surface area contributed by atoms with Crippen molar-refractivity contribution >= 4 is 23.3 Å². The molecule has 0 saturated heterocycles. The molecule has 0 spiro atoms. The zero-order valence-corrected chi connectivity index (χ0v) is 15.4. The second kappa shape index (κ2) is 7.86. The average Bonchev–Trinajstić information content (AvgIpc) is 2.81. The van der Waals surface area contributed by atoms with Crippen molar-refractivity contribution < 1.29 is 23.8 Å². The van der Waals surface area contributed by atoms with E-state index in [1.54, 1.807) is 55.5 Å². The van der Waals surface area contributed by atoms with Gasteiger partial charge in [0.2, 0.25) is 0 Å². The lowest BCUT2D eigenvalue weighted by atomic mass is 10.1. The summed E-state index contributed by atoms with van der Waals surface area (Å²) in [5.74, 6) is 1.44. The topological polar surface area (TPSA) is 89.1 Å². The SMILES string of the molecule is COc1ccc(NC(=O)Nc2ccc3c(c2)C(=O)N(C)CCO3)c(OC)c1. The third kappa shape index (κ3) is 4.05. The van der Waals surface area contributed by atoms with E-state index in [0.717, 1.165) is 0 Å². The standard InChI is InChI=1S/C19H21N3O5/c1-22-8-9-27-16-7-4-12(10-14(16)18(22)23)20-19(24)21-15-6-5-13(25-2)11-17(15)26-3/h4-7,10-11H,8-9H2,1-3H3,(H2,20,21,24). The highest BCUT2D eigenvalue weighted by atomic mass is 16.5. The van der Waals surface area contributed by atoms with E-state index in [9.17, 15) is 9.59 Å². The summed E-state index contributed by atoms with van der Waals surface area (Å²) in [7, 11) is 4.77. The van der Waals surface area contributed by atoms with Crippen molar-refractivity contribution in [3.8, 4) is 17.2 Å². The van der Waals surface area contributed by atoms with Gasteiger partial charge in [0.05, 0.1) is 32.0 Å². The maximum Gasteiger partial charge on any atom is 0.323 e. The van der Waals surface area contributed by atoms with Gasteiger partial charge in [-0.1, -0.05) is 0 Å². The Labute approximate surface area is 157 Å². The number of urea groups is 1. The summed E-state index contributed by atoms with van der Waals surface area (Å²) in [5.41, 5.74) is 1.38. The number of likely N-dealkylation sites (N-methyl/N-ethyl adjacent to an activating group) is 1. The molecular formula is C19H21N3O5. The molecule has 3 rings (SSSR count). The molecule has 1 aliphatic rings. The number of amides is 3. The van der Waals surface area contributed by atoms with E-state index >= 15 is 0 Å². The van der Waals surface area contributed by atoms with Gasteiger partial charge >= 0.3 is 6.03 Å². The summed E-state index contributed by atoms with van der Waals surface area (Å²) in [6.45, 7) is 0.938. The molecule has 0 unspecified atom stereocenters. The molecule has 1 aliphatic heterocycles. The van der Waals surface area contributed by atoms with E-state index in [1.165, 1.54) is 7.11 Å². The van der Waals surface area contributed by atoms with Crippen LogP contribution >= 0.6 is 0 Å². The number of benzene rings is 2. The first-order valence-corrected chi connectivity index (χ1v) is 8.34. The maximum absolute atomic E-state index is 12.4. The fourth-order valence-corrected chi connectivity index (χ4v) is 2.69. The molecule has 0 radical (unpaired) electrons. The average molecular weight is 371 g/mol. The van der Waals surface area contributed by atoms with Crippen molar-refractivity contribution in [2.45, 2.75) is 0 Å². The van der Waals surface area contributed by atoms with E-state index in [0.29, 0.717) is 47.3 Å². The number of methoxy groups -OCH3 is 2. The highest BCUT2D eigenvalue weighted by Gasteiger charge is 2.21. The molecular weight excluding hydrogens is 350 g/mol. The normalized spacial score (nSPS) is 13.1. The lowest BCUT2D eigenvalue weighted by Gasteiger charge is -2.14. The van der Waals surface area contributed by atoms with Gasteiger partial charge in [0.15, 0.2) is 0 Å². The minimum Gasteiger partial charge on any atom is -0.497 e. The minimum absolute atomic E-state index is 0.150. The Morgan fingerprint density at radius 2 is 1.93 bits per heavy atom. The smallest absolute Gasteiger partial charge is 0.323 e. The van der Waals surface area contributed by atoms with Crippen molar-refractivity contribution in [1.82, 2.24) is 4.90 Å². The second-order valence-corrected chi connectivity index (χ2v) is 5.93. The van der Waals surface area contributed by atoms with Crippen molar-refractivity contribution in [2.75, 3.05) is 45.1 Å². The molecule has 142 valence electrons. The number of hydrogen-bond donors (Lipinski definition) is 2. The molecule has 3 amide bonds. The third-order valence-electron chi connectivity index (χ3n) is 4.16. The lowest BCUT2D eigenvalue weighted by Crippen LogP contribution is -2.28. The Balaban J connectivity index is 1.75. The van der Waals surface area contributed by atoms with Crippen molar-refractivity contribution in [1.29, 1.82) is 0 Å². The molecule has 0 fully saturated rings. The fraction of sp³-hybridized carbons (Fsp3) is 0.263. The van der Waals surface area contributed by atoms with Gasteiger partial charge < -0.3 is 29.7 Å². The van der Waals surface area contributed by atoms with Gasteiger partial charge in [0, 0.05) is 18.8 Å². The van der Waals surface area contributed by atoms with Crippen molar-refractivity contribution in [3.05, 3.63) is 42.0 Å². The summed E-state index contributed by atoms with van der Waals surface area (Å²) in [5, 5.41) is 5.43. The molecule has 0 bridgehead atoms. The van der Waals surface area contributed by atoms with Gasteiger partial charge in [-0.15, -0.1) is 0 Å². The van der Waals surface area contributed by atoms with Gasteiger partial charge in [0.1, 0.15) is 23.9 Å². The number of carbonyl (C=O) groups is 2. The molecule has 0 aliphatic carbocycles. The van der Waals surface area contributed by atoms with Crippen LogP contribution in [0.1, 0.15) is 10.4 Å². The van der Waals surface area contributed by atoms with E-state index < -0.39 is 6.03 Å². The summed E-state index contributed by atoms with van der Waals surface area (Å²) < 4.78 is 16.0. The number of fused-ring (bicyclic) bond motifs is 1. The number of rotatable bonds is 4. The molecule has 0 saturated carbocycles. The number of ether oxygens (including phenoxy) is 3. The van der Waals surface area contributed by atoms with Crippen molar-refractivity contribution in [2.24, 2.45) is 0 Å². The monoisotopic (exact) mass is 371 g/mol. The summed E-state index contributed by atoms with van der Waals surface area (Å²) in [6, 6.07) is 9.56. The van der Waals surface area contributed by atoms with Gasteiger partial charge in [-0.25, -0.2) is 4.79 Å². The number of hydrogen-bond acceptors (Lipinski definition) is 5. The van der Waals surface area contributed by atoms with E-state index in [-0.39, 0.29) is 5.91 Å². The van der Waals surface area contributed by atoms with Gasteiger partial charge in [-0.3, -0.25) is 4.79 Å². The summed E-state index contributed by atoms with van der Waals surface area (Å²) in [4.78, 5) is 26.3. The van der Waals surface area contributed by atoms with Crippen molar-refractivity contribution in [3.63, 3.8) is 0 Å². The van der Waals surface area contributed by atoms with Crippen LogP contribution in [0.4, 0.5) is 16.2 Å². The van der Waals surface area contributed by atoms with E-state index in [1.807, 2.05) is 0 Å². The lowest BCUT2D eigenvalue weighted by molar-refractivity contribution is 0.0796. The largest absolute Gasteiger partial charge is 0.497 e. The zero-order chi connectivity index (χ0) is 19.4. The van der Waals surface area contributed by atoms with Crippen LogP contribution in [0.5, 0.6) is 17.2 Å². The zero-order valence-electron chi connectivity index (χ0n) is 15.4. The van der Waals surface area contributed by atoms with Crippen LogP contribution in [0.3, 0.4) is 0 Å². The van der Waals surface area contributed by atoms with E-state index in [2.05, 4.69) is 10.6 Å². The minimum atomic E-state index is -0.464. The molecule has 0 atom stereocenters. The predicted octanol–water partition coefficient (Wildman–Crippen LogP) is 2.81. The van der Waals surface area contributed by atoms with Crippen LogP contribution in [0.15, 0.2) is 36.4 Å². The number of nitrogens with zero attached hydrogens (tertiary/aromatic N) is 1. The number of carbonyl (C=O) groups excluding carboxylic acids is 2. The Morgan fingerprint density at radius 1 is 1.11 bits per heavy atom. The van der Waals surface area contributed by atoms with Gasteiger partial charge in [-0.05, 0) is 30.3 Å². The first-order chi connectivity index (χ1) is 13.0. The van der Waals surface area contributed by atoms with Gasteiger partial charge in [0.25, 0.3) is 5.91 Å². The molecule has 0 aromatic heterocycles. The molecule has 2 aromatic carbocycles. The van der Waals surface area contributed by atoms with Gasteiger partial charge in [-0.2, -0.15) is 0 Å². The summed E-state index contributed by atoms with van der Waals surface area (Å²) in [6.07, 6.45) is 0. The van der Waals surface area contributed by atoms with E-state index in [4.69, 9.17) is 14.2 Å². The molecule has 1 heterocycles. The first kappa shape index (κ1) is 18.4. The van der Waals surface area contributed by atoms with Crippen LogP contribution in [0, 0.1) is 0 Å². The Kier molecular flexibility index (Phi) is 5.35. The molecule has 8 nitrogen and oxygen atoms in total. The highest BCUT2D eigenvalue weighted by molar-refractivity contribution is 6.03. The van der Waals surface area contributed by atoms with Crippen LogP contribution in [-0.2, 0) is 0 Å². The summed E-state index contributed by atoms with van der Waals surface area (Å²) >= 11 is 0. The molecule has 2 N–H and O–H groups in total. The quantitative estimate of drug-likeness (QED) is 0.863. The van der Waals surface area contributed by atoms with Crippen LogP contribution < -0.4 is 24.8 Å². The Morgan fingerprint density at radius 3 is 2.67 bits per heavy atom. The third-order valence-corrected chi connectivity index (χ3v) is 4.16. The second-order valence-electron chi connectivity index (χ2n) is 5.93. The number of anilines is 2. The van der Waals surface area contributed by atoms with Crippen LogP contribution in [-0.4, -0.2) is 51.3 Å². The van der Waals surface area contributed by atoms with Crippen LogP contribution in [0.25, 0.3) is 0 Å².